The minimum absolute atomic E-state index is 0.0142. The van der Waals surface area contributed by atoms with Crippen molar-refractivity contribution in [2.45, 2.75) is 31.7 Å². The molecular weight excluding hydrogens is 210 g/mol. The minimum atomic E-state index is -0.833. The molecule has 0 unspecified atom stereocenters. The lowest BCUT2D eigenvalue weighted by Gasteiger charge is -2.26. The first-order valence-corrected chi connectivity index (χ1v) is 5.57. The number of carbonyl (C=O) groups excluding carboxylic acids is 2. The predicted octanol–water partition coefficient (Wildman–Crippen LogP) is -0.582. The molecule has 1 aliphatic rings. The van der Waals surface area contributed by atoms with Crippen molar-refractivity contribution < 1.29 is 14.7 Å². The van der Waals surface area contributed by atoms with Gasteiger partial charge in [-0.25, -0.2) is 4.79 Å². The molecule has 1 fully saturated rings. The first-order chi connectivity index (χ1) is 7.63. The van der Waals surface area contributed by atoms with Gasteiger partial charge in [-0.3, -0.25) is 15.0 Å². The molecule has 0 aromatic carbocycles. The number of primary amides is 1. The van der Waals surface area contributed by atoms with E-state index in [0.29, 0.717) is 12.6 Å². The number of aliphatic hydroxyl groups is 1. The van der Waals surface area contributed by atoms with Crippen molar-refractivity contribution in [1.82, 2.24) is 10.2 Å². The van der Waals surface area contributed by atoms with Gasteiger partial charge in [-0.2, -0.15) is 0 Å². The Labute approximate surface area is 94.8 Å². The van der Waals surface area contributed by atoms with Gasteiger partial charge in [0.15, 0.2) is 0 Å². The number of urea groups is 1. The van der Waals surface area contributed by atoms with E-state index in [1.165, 1.54) is 0 Å². The fourth-order valence-electron chi connectivity index (χ4n) is 2.15. The van der Waals surface area contributed by atoms with E-state index in [4.69, 9.17) is 10.8 Å². The normalized spacial score (nSPS) is 16.6. The van der Waals surface area contributed by atoms with Crippen LogP contribution in [-0.4, -0.2) is 47.7 Å². The van der Waals surface area contributed by atoms with E-state index < -0.39 is 11.9 Å². The molecule has 0 atom stereocenters. The molecule has 0 spiro atoms. The summed E-state index contributed by atoms with van der Waals surface area (Å²) in [7, 11) is 0. The Morgan fingerprint density at radius 2 is 2.00 bits per heavy atom. The van der Waals surface area contributed by atoms with Crippen molar-refractivity contribution in [3.63, 3.8) is 0 Å². The van der Waals surface area contributed by atoms with Gasteiger partial charge in [0.2, 0.25) is 5.91 Å². The molecule has 1 saturated carbocycles. The Bertz CT molecular complexity index is 252. The van der Waals surface area contributed by atoms with Crippen molar-refractivity contribution in [2.24, 2.45) is 5.73 Å². The molecule has 16 heavy (non-hydrogen) atoms. The second kappa shape index (κ2) is 6.44. The maximum absolute atomic E-state index is 11.4. The van der Waals surface area contributed by atoms with Crippen molar-refractivity contribution in [3.8, 4) is 0 Å². The van der Waals surface area contributed by atoms with Gasteiger partial charge in [-0.1, -0.05) is 12.8 Å². The van der Waals surface area contributed by atoms with Crippen LogP contribution in [0.5, 0.6) is 0 Å². The Balaban J connectivity index is 2.43. The zero-order chi connectivity index (χ0) is 12.0. The number of carbonyl (C=O) groups is 2. The summed E-state index contributed by atoms with van der Waals surface area (Å²) in [5.41, 5.74) is 4.86. The third kappa shape index (κ3) is 4.16. The van der Waals surface area contributed by atoms with E-state index >= 15 is 0 Å². The lowest BCUT2D eigenvalue weighted by atomic mass is 10.2. The standard InChI is InChI=1S/C10H19N3O3/c11-10(16)12-9(15)7-13(5-6-14)8-3-1-2-4-8/h8,14H,1-7H2,(H3,11,12,15,16). The van der Waals surface area contributed by atoms with E-state index in [-0.39, 0.29) is 13.2 Å². The summed E-state index contributed by atoms with van der Waals surface area (Å²) < 4.78 is 0. The summed E-state index contributed by atoms with van der Waals surface area (Å²) in [5.74, 6) is -0.409. The Morgan fingerprint density at radius 1 is 1.38 bits per heavy atom. The molecule has 92 valence electrons. The van der Waals surface area contributed by atoms with Gasteiger partial charge < -0.3 is 10.8 Å². The predicted molar refractivity (Wildman–Crippen MR) is 58.6 cm³/mol. The van der Waals surface area contributed by atoms with Crippen molar-refractivity contribution in [1.29, 1.82) is 0 Å². The summed E-state index contributed by atoms with van der Waals surface area (Å²) in [4.78, 5) is 23.8. The van der Waals surface area contributed by atoms with E-state index in [1.54, 1.807) is 0 Å². The number of hydrogen-bond acceptors (Lipinski definition) is 4. The maximum atomic E-state index is 11.4. The van der Waals surface area contributed by atoms with E-state index in [0.717, 1.165) is 25.7 Å². The minimum Gasteiger partial charge on any atom is -0.395 e. The zero-order valence-corrected chi connectivity index (χ0v) is 9.32. The summed E-state index contributed by atoms with van der Waals surface area (Å²) >= 11 is 0. The maximum Gasteiger partial charge on any atom is 0.318 e. The number of rotatable bonds is 5. The molecule has 0 aromatic rings. The highest BCUT2D eigenvalue weighted by Gasteiger charge is 2.24. The van der Waals surface area contributed by atoms with Crippen molar-refractivity contribution in [3.05, 3.63) is 0 Å². The summed E-state index contributed by atoms with van der Waals surface area (Å²) in [6, 6.07) is -0.494. The van der Waals surface area contributed by atoms with Crippen LogP contribution in [0.2, 0.25) is 0 Å². The molecule has 0 saturated heterocycles. The molecule has 3 amide bonds. The number of nitrogens with zero attached hydrogens (tertiary/aromatic N) is 1. The van der Waals surface area contributed by atoms with Gasteiger partial charge in [-0.05, 0) is 12.8 Å². The first kappa shape index (κ1) is 12.9. The zero-order valence-electron chi connectivity index (χ0n) is 9.32. The topological polar surface area (TPSA) is 95.7 Å². The molecule has 6 heteroatoms. The van der Waals surface area contributed by atoms with E-state index in [9.17, 15) is 9.59 Å². The molecule has 0 aliphatic heterocycles. The summed E-state index contributed by atoms with van der Waals surface area (Å²) in [6.45, 7) is 0.589. The van der Waals surface area contributed by atoms with Crippen LogP contribution >= 0.6 is 0 Å². The summed E-state index contributed by atoms with van der Waals surface area (Å²) in [6.07, 6.45) is 4.40. The van der Waals surface area contributed by atoms with Crippen molar-refractivity contribution in [2.75, 3.05) is 19.7 Å². The lowest BCUT2D eigenvalue weighted by Crippen LogP contribution is -2.46. The Kier molecular flexibility index (Phi) is 5.21. The van der Waals surface area contributed by atoms with Gasteiger partial charge >= 0.3 is 6.03 Å². The number of aliphatic hydroxyl groups excluding tert-OH is 1. The average Bonchev–Trinajstić information content (AvgIpc) is 2.68. The SMILES string of the molecule is NC(=O)NC(=O)CN(CCO)C1CCCC1. The number of nitrogens with one attached hydrogen (secondary N) is 1. The van der Waals surface area contributed by atoms with Gasteiger partial charge in [0.1, 0.15) is 0 Å². The second-order valence-corrected chi connectivity index (χ2v) is 4.04. The molecule has 0 heterocycles. The van der Waals surface area contributed by atoms with Crippen molar-refractivity contribution >= 4 is 11.9 Å². The van der Waals surface area contributed by atoms with Crippen LogP contribution in [0.3, 0.4) is 0 Å². The highest BCUT2D eigenvalue weighted by atomic mass is 16.3. The summed E-state index contributed by atoms with van der Waals surface area (Å²) in [5, 5.41) is 11.0. The molecule has 1 rings (SSSR count). The highest BCUT2D eigenvalue weighted by molar-refractivity contribution is 5.94. The van der Waals surface area contributed by atoms with Crippen LogP contribution in [0.15, 0.2) is 0 Å². The van der Waals surface area contributed by atoms with Gasteiger partial charge in [0.25, 0.3) is 0 Å². The van der Waals surface area contributed by atoms with Crippen LogP contribution in [0, 0.1) is 0 Å². The molecular formula is C10H19N3O3. The second-order valence-electron chi connectivity index (χ2n) is 4.04. The molecule has 0 bridgehead atoms. The molecule has 0 radical (unpaired) electrons. The molecule has 6 nitrogen and oxygen atoms in total. The molecule has 0 aromatic heterocycles. The highest BCUT2D eigenvalue weighted by Crippen LogP contribution is 2.22. The van der Waals surface area contributed by atoms with Crippen LogP contribution in [0.25, 0.3) is 0 Å². The third-order valence-electron chi connectivity index (χ3n) is 2.84. The van der Waals surface area contributed by atoms with E-state index in [1.807, 2.05) is 10.2 Å². The van der Waals surface area contributed by atoms with Gasteiger partial charge in [0, 0.05) is 12.6 Å². The Morgan fingerprint density at radius 3 is 2.50 bits per heavy atom. The van der Waals surface area contributed by atoms with Crippen LogP contribution in [0.4, 0.5) is 4.79 Å². The number of amides is 3. The Hall–Kier alpha value is -1.14. The third-order valence-corrected chi connectivity index (χ3v) is 2.84. The fourth-order valence-corrected chi connectivity index (χ4v) is 2.15. The molecule has 4 N–H and O–H groups in total. The van der Waals surface area contributed by atoms with Crippen LogP contribution < -0.4 is 11.1 Å². The van der Waals surface area contributed by atoms with Crippen LogP contribution in [0.1, 0.15) is 25.7 Å². The number of nitrogens with two attached hydrogens (primary N) is 1. The monoisotopic (exact) mass is 229 g/mol. The van der Waals surface area contributed by atoms with Crippen LogP contribution in [-0.2, 0) is 4.79 Å². The molecule has 1 aliphatic carbocycles. The first-order valence-electron chi connectivity index (χ1n) is 5.57. The average molecular weight is 229 g/mol. The largest absolute Gasteiger partial charge is 0.395 e. The number of hydrogen-bond donors (Lipinski definition) is 3. The lowest BCUT2D eigenvalue weighted by molar-refractivity contribution is -0.121. The smallest absolute Gasteiger partial charge is 0.318 e. The van der Waals surface area contributed by atoms with Gasteiger partial charge in [0.05, 0.1) is 13.2 Å². The number of imide groups is 1. The quantitative estimate of drug-likeness (QED) is 0.587. The van der Waals surface area contributed by atoms with Gasteiger partial charge in [-0.15, -0.1) is 0 Å². The van der Waals surface area contributed by atoms with E-state index in [2.05, 4.69) is 0 Å². The fraction of sp³-hybridized carbons (Fsp3) is 0.800.